The monoisotopic (exact) mass is 170 g/mol. The fraction of sp³-hybridized carbons (Fsp3) is 0.286. The SMILES string of the molecule is COC(=O)C1=C(C)OC(=O)C1=O. The largest absolute Gasteiger partial charge is 0.465 e. The van der Waals surface area contributed by atoms with Crippen molar-refractivity contribution in [2.45, 2.75) is 6.92 Å². The topological polar surface area (TPSA) is 69.7 Å². The van der Waals surface area contributed by atoms with Crippen molar-refractivity contribution in [2.24, 2.45) is 0 Å². The highest BCUT2D eigenvalue weighted by Crippen LogP contribution is 2.17. The van der Waals surface area contributed by atoms with Gasteiger partial charge in [-0.1, -0.05) is 0 Å². The fourth-order valence-electron chi connectivity index (χ4n) is 0.837. The minimum Gasteiger partial charge on any atom is -0.465 e. The lowest BCUT2D eigenvalue weighted by atomic mass is 10.2. The molecule has 1 aliphatic heterocycles. The first kappa shape index (κ1) is 8.45. The molecule has 1 rings (SSSR count). The van der Waals surface area contributed by atoms with E-state index in [9.17, 15) is 14.4 Å². The van der Waals surface area contributed by atoms with Gasteiger partial charge in [0.05, 0.1) is 7.11 Å². The summed E-state index contributed by atoms with van der Waals surface area (Å²) >= 11 is 0. The molecule has 0 aromatic carbocycles. The van der Waals surface area contributed by atoms with Gasteiger partial charge in [-0.15, -0.1) is 0 Å². The van der Waals surface area contributed by atoms with Crippen LogP contribution in [0.1, 0.15) is 6.92 Å². The van der Waals surface area contributed by atoms with Gasteiger partial charge in [-0.3, -0.25) is 4.79 Å². The van der Waals surface area contributed by atoms with Crippen molar-refractivity contribution >= 4 is 17.7 Å². The van der Waals surface area contributed by atoms with Crippen LogP contribution >= 0.6 is 0 Å². The Morgan fingerprint density at radius 2 is 2.00 bits per heavy atom. The summed E-state index contributed by atoms with van der Waals surface area (Å²) in [6.07, 6.45) is 0. The summed E-state index contributed by atoms with van der Waals surface area (Å²) in [6.45, 7) is 1.36. The Morgan fingerprint density at radius 1 is 1.42 bits per heavy atom. The fourth-order valence-corrected chi connectivity index (χ4v) is 0.837. The van der Waals surface area contributed by atoms with Gasteiger partial charge in [0.25, 0.3) is 5.78 Å². The van der Waals surface area contributed by atoms with E-state index >= 15 is 0 Å². The summed E-state index contributed by atoms with van der Waals surface area (Å²) in [4.78, 5) is 32.3. The number of ether oxygens (including phenoxy) is 2. The molecule has 0 atom stereocenters. The van der Waals surface area contributed by atoms with Crippen LogP contribution in [0.2, 0.25) is 0 Å². The Morgan fingerprint density at radius 3 is 2.33 bits per heavy atom. The number of hydrogen-bond acceptors (Lipinski definition) is 5. The normalized spacial score (nSPS) is 16.5. The second-order valence-electron chi connectivity index (χ2n) is 2.14. The van der Waals surface area contributed by atoms with E-state index in [4.69, 9.17) is 0 Å². The zero-order valence-corrected chi connectivity index (χ0v) is 6.54. The molecular formula is C7H6O5. The molecule has 0 aromatic rings. The number of hydrogen-bond donors (Lipinski definition) is 0. The molecule has 0 fully saturated rings. The molecule has 64 valence electrons. The summed E-state index contributed by atoms with van der Waals surface area (Å²) in [5.41, 5.74) is -0.317. The van der Waals surface area contributed by atoms with E-state index in [-0.39, 0.29) is 11.3 Å². The lowest BCUT2D eigenvalue weighted by molar-refractivity contribution is -0.147. The molecule has 0 bridgehead atoms. The van der Waals surface area contributed by atoms with Crippen LogP contribution in [0.3, 0.4) is 0 Å². The molecule has 0 unspecified atom stereocenters. The maximum atomic E-state index is 10.9. The summed E-state index contributed by atoms with van der Waals surface area (Å²) in [5.74, 6) is -2.83. The molecule has 0 radical (unpaired) electrons. The molecule has 0 N–H and O–H groups in total. The number of rotatable bonds is 1. The van der Waals surface area contributed by atoms with Crippen LogP contribution in [0.5, 0.6) is 0 Å². The molecule has 1 aliphatic rings. The van der Waals surface area contributed by atoms with Gasteiger partial charge in [0, 0.05) is 0 Å². The van der Waals surface area contributed by atoms with Crippen molar-refractivity contribution in [3.05, 3.63) is 11.3 Å². The minimum atomic E-state index is -1.03. The molecule has 0 spiro atoms. The Hall–Kier alpha value is -1.65. The van der Waals surface area contributed by atoms with E-state index in [1.54, 1.807) is 0 Å². The number of carbonyl (C=O) groups excluding carboxylic acids is 3. The summed E-state index contributed by atoms with van der Waals surface area (Å²) in [5, 5.41) is 0. The smallest absolute Gasteiger partial charge is 0.385 e. The molecule has 0 saturated carbocycles. The lowest BCUT2D eigenvalue weighted by Crippen LogP contribution is -2.16. The van der Waals surface area contributed by atoms with Gasteiger partial charge < -0.3 is 9.47 Å². The predicted molar refractivity (Wildman–Crippen MR) is 35.8 cm³/mol. The highest BCUT2D eigenvalue weighted by atomic mass is 16.6. The molecule has 0 aromatic heterocycles. The second-order valence-corrected chi connectivity index (χ2v) is 2.14. The van der Waals surface area contributed by atoms with E-state index in [0.717, 1.165) is 7.11 Å². The van der Waals surface area contributed by atoms with E-state index in [0.29, 0.717) is 0 Å². The van der Waals surface area contributed by atoms with Gasteiger partial charge in [-0.2, -0.15) is 0 Å². The lowest BCUT2D eigenvalue weighted by Gasteiger charge is -1.94. The van der Waals surface area contributed by atoms with Crippen molar-refractivity contribution in [1.82, 2.24) is 0 Å². The maximum absolute atomic E-state index is 10.9. The van der Waals surface area contributed by atoms with E-state index < -0.39 is 17.7 Å². The van der Waals surface area contributed by atoms with Crippen molar-refractivity contribution < 1.29 is 23.9 Å². The third-order valence-corrected chi connectivity index (χ3v) is 1.40. The van der Waals surface area contributed by atoms with Gasteiger partial charge in [-0.05, 0) is 6.92 Å². The van der Waals surface area contributed by atoms with Gasteiger partial charge >= 0.3 is 11.9 Å². The molecule has 0 aliphatic carbocycles. The first-order valence-electron chi connectivity index (χ1n) is 3.13. The Balaban J connectivity index is 3.03. The maximum Gasteiger partial charge on any atom is 0.385 e. The first-order chi connectivity index (χ1) is 5.57. The number of methoxy groups -OCH3 is 1. The van der Waals surface area contributed by atoms with Crippen molar-refractivity contribution in [1.29, 1.82) is 0 Å². The minimum absolute atomic E-state index is 0.00292. The van der Waals surface area contributed by atoms with Crippen LogP contribution < -0.4 is 0 Å². The van der Waals surface area contributed by atoms with Gasteiger partial charge in [0.1, 0.15) is 5.76 Å². The third-order valence-electron chi connectivity index (χ3n) is 1.40. The number of allylic oxidation sites excluding steroid dienone is 1. The molecule has 5 nitrogen and oxygen atoms in total. The van der Waals surface area contributed by atoms with Gasteiger partial charge in [0.15, 0.2) is 5.57 Å². The molecular weight excluding hydrogens is 164 g/mol. The zero-order chi connectivity index (χ0) is 9.30. The van der Waals surface area contributed by atoms with Crippen LogP contribution in [-0.2, 0) is 23.9 Å². The molecule has 5 heteroatoms. The average molecular weight is 170 g/mol. The van der Waals surface area contributed by atoms with Crippen LogP contribution in [-0.4, -0.2) is 24.8 Å². The number of carbonyl (C=O) groups is 3. The number of ketones is 1. The Kier molecular flexibility index (Phi) is 1.95. The molecule has 0 amide bonds. The zero-order valence-electron chi connectivity index (χ0n) is 6.54. The Labute approximate surface area is 67.9 Å². The second kappa shape index (κ2) is 2.77. The standard InChI is InChI=1S/C7H6O5/c1-3-4(6(9)11-2)5(8)7(10)12-3/h1-2H3. The number of esters is 2. The van der Waals surface area contributed by atoms with Crippen LogP contribution in [0.15, 0.2) is 11.3 Å². The summed E-state index contributed by atoms with van der Waals surface area (Å²) < 4.78 is 8.67. The quantitative estimate of drug-likeness (QED) is 0.303. The van der Waals surface area contributed by atoms with E-state index in [1.165, 1.54) is 6.92 Å². The average Bonchev–Trinajstić information content (AvgIpc) is 2.26. The van der Waals surface area contributed by atoms with Crippen molar-refractivity contribution in [3.8, 4) is 0 Å². The van der Waals surface area contributed by atoms with Crippen molar-refractivity contribution in [2.75, 3.05) is 7.11 Å². The number of Topliss-reactive ketones (excluding diaryl/α,β-unsaturated/α-hetero) is 1. The summed E-state index contributed by atoms with van der Waals surface area (Å²) in [6, 6.07) is 0. The van der Waals surface area contributed by atoms with Crippen LogP contribution in [0.4, 0.5) is 0 Å². The molecule has 12 heavy (non-hydrogen) atoms. The molecule has 0 saturated heterocycles. The highest BCUT2D eigenvalue weighted by molar-refractivity contribution is 6.48. The van der Waals surface area contributed by atoms with Gasteiger partial charge in [-0.25, -0.2) is 9.59 Å². The molecule has 1 heterocycles. The van der Waals surface area contributed by atoms with Crippen molar-refractivity contribution in [3.63, 3.8) is 0 Å². The predicted octanol–water partition coefficient (Wildman–Crippen LogP) is -0.441. The highest BCUT2D eigenvalue weighted by Gasteiger charge is 2.36. The van der Waals surface area contributed by atoms with E-state index in [1.807, 2.05) is 0 Å². The Bertz CT molecular complexity index is 299. The number of cyclic esters (lactones) is 1. The summed E-state index contributed by atoms with van der Waals surface area (Å²) in [7, 11) is 1.12. The van der Waals surface area contributed by atoms with E-state index in [2.05, 4.69) is 9.47 Å². The first-order valence-corrected chi connectivity index (χ1v) is 3.13. The van der Waals surface area contributed by atoms with Gasteiger partial charge in [0.2, 0.25) is 0 Å². The third kappa shape index (κ3) is 1.09. The van der Waals surface area contributed by atoms with Crippen LogP contribution in [0.25, 0.3) is 0 Å². The van der Waals surface area contributed by atoms with Crippen LogP contribution in [0, 0.1) is 0 Å².